The van der Waals surface area contributed by atoms with Crippen LogP contribution in [0.4, 0.5) is 0 Å². The molecule has 0 N–H and O–H groups in total. The lowest BCUT2D eigenvalue weighted by Crippen LogP contribution is -2.37. The second-order valence-electron chi connectivity index (χ2n) is 6.09. The Kier molecular flexibility index (Phi) is 2.24. The number of ketones is 1. The van der Waals surface area contributed by atoms with Crippen molar-refractivity contribution >= 4 is 11.8 Å². The molecule has 0 amide bonds. The first-order valence-electron chi connectivity index (χ1n) is 5.89. The van der Waals surface area contributed by atoms with Gasteiger partial charge in [-0.3, -0.25) is 9.59 Å². The fourth-order valence-electron chi connectivity index (χ4n) is 3.72. The van der Waals surface area contributed by atoms with Crippen molar-refractivity contribution in [3.05, 3.63) is 0 Å². The number of ether oxygens (including phenoxy) is 1. The van der Waals surface area contributed by atoms with E-state index >= 15 is 0 Å². The molecule has 2 saturated carbocycles. The zero-order valence-electron chi connectivity index (χ0n) is 10.6. The second-order valence-corrected chi connectivity index (χ2v) is 6.09. The van der Waals surface area contributed by atoms with E-state index in [-0.39, 0.29) is 22.2 Å². The van der Waals surface area contributed by atoms with Crippen molar-refractivity contribution < 1.29 is 14.3 Å². The normalized spacial score (nSPS) is 40.1. The zero-order valence-corrected chi connectivity index (χ0v) is 10.6. The quantitative estimate of drug-likeness (QED) is 0.676. The van der Waals surface area contributed by atoms with Crippen LogP contribution in [0.5, 0.6) is 0 Å². The molecule has 0 heterocycles. The van der Waals surface area contributed by atoms with Crippen molar-refractivity contribution in [3.63, 3.8) is 0 Å². The fraction of sp³-hybridized carbons (Fsp3) is 0.846. The lowest BCUT2D eigenvalue weighted by Gasteiger charge is -2.39. The first-order chi connectivity index (χ1) is 7.29. The van der Waals surface area contributed by atoms with E-state index in [1.54, 1.807) is 0 Å². The van der Waals surface area contributed by atoms with Crippen molar-refractivity contribution in [1.82, 2.24) is 0 Å². The van der Waals surface area contributed by atoms with Gasteiger partial charge >= 0.3 is 5.97 Å². The van der Waals surface area contributed by atoms with Crippen LogP contribution in [0.3, 0.4) is 0 Å². The van der Waals surface area contributed by atoms with Gasteiger partial charge in [0.25, 0.3) is 0 Å². The van der Waals surface area contributed by atoms with Crippen molar-refractivity contribution in [2.75, 3.05) is 7.11 Å². The minimum absolute atomic E-state index is 0.0920. The molecule has 2 fully saturated rings. The Morgan fingerprint density at radius 1 is 1.31 bits per heavy atom. The molecule has 0 radical (unpaired) electrons. The van der Waals surface area contributed by atoms with E-state index in [1.165, 1.54) is 7.11 Å². The Labute approximate surface area is 96.5 Å². The average Bonchev–Trinajstić information content (AvgIpc) is 2.47. The van der Waals surface area contributed by atoms with Crippen LogP contribution in [0.2, 0.25) is 0 Å². The summed E-state index contributed by atoms with van der Waals surface area (Å²) in [4.78, 5) is 23.6. The fourth-order valence-corrected chi connectivity index (χ4v) is 3.72. The van der Waals surface area contributed by atoms with Gasteiger partial charge in [-0.25, -0.2) is 0 Å². The van der Waals surface area contributed by atoms with Crippen LogP contribution >= 0.6 is 0 Å². The maximum atomic E-state index is 12.1. The number of hydrogen-bond acceptors (Lipinski definition) is 3. The summed E-state index contributed by atoms with van der Waals surface area (Å²) in [5, 5.41) is 0. The minimum Gasteiger partial charge on any atom is -0.469 e. The molecule has 0 spiro atoms. The third-order valence-corrected chi connectivity index (χ3v) is 5.63. The molecule has 3 heteroatoms. The number of esters is 1. The monoisotopic (exact) mass is 224 g/mol. The highest BCUT2D eigenvalue weighted by molar-refractivity contribution is 5.91. The summed E-state index contributed by atoms with van der Waals surface area (Å²) in [6.45, 7) is 6.32. The SMILES string of the molecule is COC(=O)C[C@]12CC[C@](C)(C(=O)C1)C2(C)C. The molecule has 0 saturated heterocycles. The van der Waals surface area contributed by atoms with Crippen LogP contribution in [0, 0.1) is 16.2 Å². The molecule has 0 aromatic heterocycles. The van der Waals surface area contributed by atoms with Crippen molar-refractivity contribution in [3.8, 4) is 0 Å². The van der Waals surface area contributed by atoms with Gasteiger partial charge in [0.2, 0.25) is 0 Å². The number of hydrogen-bond donors (Lipinski definition) is 0. The van der Waals surface area contributed by atoms with Crippen LogP contribution in [0.25, 0.3) is 0 Å². The Bertz CT molecular complexity index is 358. The van der Waals surface area contributed by atoms with Crippen LogP contribution in [0.15, 0.2) is 0 Å². The summed E-state index contributed by atoms with van der Waals surface area (Å²) < 4.78 is 4.77. The first kappa shape index (κ1) is 11.6. The Morgan fingerprint density at radius 2 is 1.94 bits per heavy atom. The van der Waals surface area contributed by atoms with Crippen molar-refractivity contribution in [1.29, 1.82) is 0 Å². The molecule has 2 atom stereocenters. The molecule has 0 aliphatic heterocycles. The molecule has 90 valence electrons. The number of fused-ring (bicyclic) bond motifs is 2. The molecule has 2 rings (SSSR count). The van der Waals surface area contributed by atoms with Gasteiger partial charge in [-0.15, -0.1) is 0 Å². The predicted octanol–water partition coefficient (Wildman–Crippen LogP) is 2.33. The van der Waals surface area contributed by atoms with Gasteiger partial charge in [-0.05, 0) is 23.7 Å². The van der Waals surface area contributed by atoms with Gasteiger partial charge in [-0.1, -0.05) is 20.8 Å². The van der Waals surface area contributed by atoms with E-state index in [2.05, 4.69) is 20.8 Å². The van der Waals surface area contributed by atoms with Crippen molar-refractivity contribution in [2.24, 2.45) is 16.2 Å². The number of Topliss-reactive ketones (excluding diaryl/α,β-unsaturated/α-hetero) is 1. The van der Waals surface area contributed by atoms with E-state index in [0.29, 0.717) is 18.6 Å². The van der Waals surface area contributed by atoms with E-state index in [4.69, 9.17) is 4.74 Å². The first-order valence-corrected chi connectivity index (χ1v) is 5.89. The van der Waals surface area contributed by atoms with Gasteiger partial charge in [0.05, 0.1) is 13.5 Å². The van der Waals surface area contributed by atoms with E-state index < -0.39 is 0 Å². The third-order valence-electron chi connectivity index (χ3n) is 5.63. The average molecular weight is 224 g/mol. The lowest BCUT2D eigenvalue weighted by molar-refractivity contribution is -0.145. The molecule has 2 aliphatic carbocycles. The molecular weight excluding hydrogens is 204 g/mol. The molecule has 3 nitrogen and oxygen atoms in total. The van der Waals surface area contributed by atoms with E-state index in [9.17, 15) is 9.59 Å². The summed E-state index contributed by atoms with van der Waals surface area (Å²) >= 11 is 0. The number of carbonyl (C=O) groups is 2. The Morgan fingerprint density at radius 3 is 2.31 bits per heavy atom. The summed E-state index contributed by atoms with van der Waals surface area (Å²) in [5.74, 6) is 0.139. The smallest absolute Gasteiger partial charge is 0.306 e. The van der Waals surface area contributed by atoms with Gasteiger partial charge in [0.1, 0.15) is 5.78 Å². The summed E-state index contributed by atoms with van der Waals surface area (Å²) in [6.07, 6.45) is 2.82. The van der Waals surface area contributed by atoms with Crippen LogP contribution < -0.4 is 0 Å². The summed E-state index contributed by atoms with van der Waals surface area (Å²) in [6, 6.07) is 0. The highest BCUT2D eigenvalue weighted by atomic mass is 16.5. The largest absolute Gasteiger partial charge is 0.469 e. The van der Waals surface area contributed by atoms with Gasteiger partial charge < -0.3 is 4.74 Å². The highest BCUT2D eigenvalue weighted by Gasteiger charge is 2.69. The molecular formula is C13H20O3. The number of rotatable bonds is 2. The maximum Gasteiger partial charge on any atom is 0.306 e. The predicted molar refractivity (Wildman–Crippen MR) is 59.8 cm³/mol. The molecule has 0 unspecified atom stereocenters. The molecule has 2 bridgehead atoms. The van der Waals surface area contributed by atoms with Crippen LogP contribution in [0.1, 0.15) is 46.5 Å². The topological polar surface area (TPSA) is 43.4 Å². The Balaban J connectivity index is 2.37. The van der Waals surface area contributed by atoms with Crippen LogP contribution in [-0.4, -0.2) is 18.9 Å². The van der Waals surface area contributed by atoms with Gasteiger partial charge in [-0.2, -0.15) is 0 Å². The molecule has 0 aromatic carbocycles. The summed E-state index contributed by atoms with van der Waals surface area (Å²) in [5.41, 5.74) is -0.488. The van der Waals surface area contributed by atoms with Gasteiger partial charge in [0, 0.05) is 11.8 Å². The summed E-state index contributed by atoms with van der Waals surface area (Å²) in [7, 11) is 1.41. The Hall–Kier alpha value is -0.860. The highest BCUT2D eigenvalue weighted by Crippen LogP contribution is 2.71. The second kappa shape index (κ2) is 3.08. The lowest BCUT2D eigenvalue weighted by atomic mass is 9.64. The maximum absolute atomic E-state index is 12.1. The van der Waals surface area contributed by atoms with E-state index in [1.807, 2.05) is 0 Å². The zero-order chi connectivity index (χ0) is 12.2. The number of methoxy groups -OCH3 is 1. The molecule has 2 aliphatic rings. The standard InChI is InChI=1S/C13H20O3/c1-11(2)12(3)5-6-13(11,7-9(12)14)8-10(15)16-4/h5-8H2,1-4H3/t12-,13+/m1/s1. The van der Waals surface area contributed by atoms with Gasteiger partial charge in [0.15, 0.2) is 0 Å². The van der Waals surface area contributed by atoms with E-state index in [0.717, 1.165) is 12.8 Å². The third kappa shape index (κ3) is 1.09. The van der Waals surface area contributed by atoms with Crippen LogP contribution in [-0.2, 0) is 14.3 Å². The molecule has 0 aromatic rings. The molecule has 16 heavy (non-hydrogen) atoms. The number of carbonyl (C=O) groups excluding carboxylic acids is 2. The van der Waals surface area contributed by atoms with Crippen molar-refractivity contribution in [2.45, 2.75) is 46.5 Å². The minimum atomic E-state index is -0.235.